The maximum absolute atomic E-state index is 13.4. The highest BCUT2D eigenvalue weighted by Gasteiger charge is 2.35. The largest absolute Gasteiger partial charge is 0.495 e. The zero-order chi connectivity index (χ0) is 22.9. The van der Waals surface area contributed by atoms with E-state index in [9.17, 15) is 13.6 Å². The Morgan fingerprint density at radius 2 is 2.00 bits per heavy atom. The minimum Gasteiger partial charge on any atom is -0.495 e. The zero-order valence-corrected chi connectivity index (χ0v) is 18.2. The van der Waals surface area contributed by atoms with Crippen molar-refractivity contribution in [2.75, 3.05) is 25.5 Å². The van der Waals surface area contributed by atoms with Gasteiger partial charge in [0.05, 0.1) is 24.0 Å². The lowest BCUT2D eigenvalue weighted by Gasteiger charge is -2.31. The van der Waals surface area contributed by atoms with Crippen molar-refractivity contribution >= 4 is 29.1 Å². The van der Waals surface area contributed by atoms with E-state index in [0.717, 1.165) is 0 Å². The number of likely N-dealkylation sites (tertiary alicyclic amines) is 1. The molecule has 1 saturated heterocycles. The average molecular weight is 463 g/mol. The Morgan fingerprint density at radius 3 is 2.66 bits per heavy atom. The third-order valence-electron chi connectivity index (χ3n) is 5.18. The molecule has 0 bridgehead atoms. The van der Waals surface area contributed by atoms with Crippen LogP contribution in [0.1, 0.15) is 23.2 Å². The smallest absolute Gasteiger partial charge is 0.253 e. The third-order valence-corrected chi connectivity index (χ3v) is 5.45. The van der Waals surface area contributed by atoms with Crippen molar-refractivity contribution in [3.8, 4) is 17.1 Å². The van der Waals surface area contributed by atoms with Crippen molar-refractivity contribution in [3.05, 3.63) is 47.2 Å². The van der Waals surface area contributed by atoms with Gasteiger partial charge in [0.15, 0.2) is 0 Å². The van der Waals surface area contributed by atoms with Crippen molar-refractivity contribution in [1.82, 2.24) is 24.6 Å². The number of piperidine rings is 1. The maximum Gasteiger partial charge on any atom is 0.253 e. The van der Waals surface area contributed by atoms with Gasteiger partial charge in [-0.05, 0) is 24.3 Å². The summed E-state index contributed by atoms with van der Waals surface area (Å²) in [4.78, 5) is 22.8. The standard InChI is InChI=1S/C21H21ClF2N6O2/c1-29-8-5-16(28-29)18-14(22)12-25-20(27-18)26-15-4-3-13(11-17(15)32-2)19(31)30-9-6-21(23,24)7-10-30/h3-5,8,11-12H,6-7,9-10H2,1-2H3,(H,25,26,27). The second-order valence-electron chi connectivity index (χ2n) is 7.45. The SMILES string of the molecule is COc1cc(C(=O)N2CCC(F)(F)CC2)ccc1Nc1ncc(Cl)c(-c2ccn(C)n2)n1. The Hall–Kier alpha value is -3.27. The summed E-state index contributed by atoms with van der Waals surface area (Å²) in [6.07, 6.45) is 2.59. The fourth-order valence-corrected chi connectivity index (χ4v) is 3.60. The lowest BCUT2D eigenvalue weighted by Crippen LogP contribution is -2.42. The van der Waals surface area contributed by atoms with E-state index >= 15 is 0 Å². The molecule has 0 unspecified atom stereocenters. The molecule has 32 heavy (non-hydrogen) atoms. The molecule has 1 aromatic carbocycles. The van der Waals surface area contributed by atoms with Gasteiger partial charge in [0, 0.05) is 44.7 Å². The number of nitrogens with one attached hydrogen (secondary N) is 1. The Balaban J connectivity index is 1.54. The van der Waals surface area contributed by atoms with Crippen LogP contribution in [0, 0.1) is 0 Å². The number of methoxy groups -OCH3 is 1. The van der Waals surface area contributed by atoms with Crippen molar-refractivity contribution < 1.29 is 18.3 Å². The zero-order valence-electron chi connectivity index (χ0n) is 17.5. The molecule has 1 aliphatic rings. The quantitative estimate of drug-likeness (QED) is 0.613. The summed E-state index contributed by atoms with van der Waals surface area (Å²) >= 11 is 6.23. The number of halogens is 3. The van der Waals surface area contributed by atoms with Gasteiger partial charge in [0.1, 0.15) is 17.1 Å². The molecule has 0 aliphatic carbocycles. The first-order valence-corrected chi connectivity index (χ1v) is 10.3. The van der Waals surface area contributed by atoms with Gasteiger partial charge >= 0.3 is 0 Å². The molecule has 1 aliphatic heterocycles. The lowest BCUT2D eigenvalue weighted by atomic mass is 10.1. The van der Waals surface area contributed by atoms with Crippen LogP contribution in [0.4, 0.5) is 20.4 Å². The number of aromatic nitrogens is 4. The van der Waals surface area contributed by atoms with E-state index in [1.807, 2.05) is 0 Å². The van der Waals surface area contributed by atoms with Gasteiger partial charge in [-0.3, -0.25) is 9.48 Å². The first-order chi connectivity index (χ1) is 15.3. The summed E-state index contributed by atoms with van der Waals surface area (Å²) in [5.41, 5.74) is 1.95. The molecule has 1 amide bonds. The predicted octanol–water partition coefficient (Wildman–Crippen LogP) is 4.15. The molecule has 3 aromatic rings. The monoisotopic (exact) mass is 462 g/mol. The topological polar surface area (TPSA) is 85.2 Å². The van der Waals surface area contributed by atoms with Gasteiger partial charge in [-0.1, -0.05) is 11.6 Å². The summed E-state index contributed by atoms with van der Waals surface area (Å²) in [5.74, 6) is -2.37. The van der Waals surface area contributed by atoms with Crippen LogP contribution in [-0.4, -0.2) is 56.7 Å². The average Bonchev–Trinajstić information content (AvgIpc) is 3.21. The first-order valence-electron chi connectivity index (χ1n) is 9.90. The highest BCUT2D eigenvalue weighted by molar-refractivity contribution is 6.32. The fourth-order valence-electron chi connectivity index (χ4n) is 3.42. The highest BCUT2D eigenvalue weighted by atomic mass is 35.5. The van der Waals surface area contributed by atoms with Crippen molar-refractivity contribution in [2.45, 2.75) is 18.8 Å². The molecular formula is C21H21ClF2N6O2. The molecule has 0 atom stereocenters. The third kappa shape index (κ3) is 4.64. The van der Waals surface area contributed by atoms with Crippen molar-refractivity contribution in [1.29, 1.82) is 0 Å². The number of hydrogen-bond donors (Lipinski definition) is 1. The van der Waals surface area contributed by atoms with Crippen LogP contribution in [0.3, 0.4) is 0 Å². The molecule has 168 valence electrons. The minimum atomic E-state index is -2.71. The summed E-state index contributed by atoms with van der Waals surface area (Å²) in [6, 6.07) is 6.61. The number of anilines is 2. The van der Waals surface area contributed by atoms with Crippen LogP contribution < -0.4 is 10.1 Å². The number of benzene rings is 1. The molecule has 1 fully saturated rings. The fraction of sp³-hybridized carbons (Fsp3) is 0.333. The molecule has 0 saturated carbocycles. The van der Waals surface area contributed by atoms with E-state index in [4.69, 9.17) is 16.3 Å². The number of aryl methyl sites for hydroxylation is 1. The Labute approximate surface area is 188 Å². The molecule has 2 aromatic heterocycles. The van der Waals surface area contributed by atoms with E-state index < -0.39 is 5.92 Å². The van der Waals surface area contributed by atoms with E-state index in [2.05, 4.69) is 20.4 Å². The summed E-state index contributed by atoms with van der Waals surface area (Å²) < 4.78 is 33.8. The second-order valence-corrected chi connectivity index (χ2v) is 7.86. The number of amides is 1. The van der Waals surface area contributed by atoms with E-state index in [0.29, 0.717) is 33.4 Å². The Bertz CT molecular complexity index is 1140. The Kier molecular flexibility index (Phi) is 5.96. The number of nitrogens with zero attached hydrogens (tertiary/aromatic N) is 5. The number of rotatable bonds is 5. The lowest BCUT2D eigenvalue weighted by molar-refractivity contribution is -0.0494. The van der Waals surface area contributed by atoms with Crippen LogP contribution in [0.25, 0.3) is 11.4 Å². The van der Waals surface area contributed by atoms with E-state index in [1.165, 1.54) is 18.2 Å². The van der Waals surface area contributed by atoms with Crippen LogP contribution in [0.5, 0.6) is 5.75 Å². The molecule has 4 rings (SSSR count). The van der Waals surface area contributed by atoms with E-state index in [1.54, 1.807) is 42.2 Å². The summed E-state index contributed by atoms with van der Waals surface area (Å²) in [7, 11) is 3.26. The Morgan fingerprint density at radius 1 is 1.25 bits per heavy atom. The maximum atomic E-state index is 13.4. The first kappa shape index (κ1) is 21.9. The van der Waals surface area contributed by atoms with Gasteiger partial charge in [0.25, 0.3) is 11.8 Å². The van der Waals surface area contributed by atoms with Crippen LogP contribution in [0.2, 0.25) is 5.02 Å². The van der Waals surface area contributed by atoms with Crippen LogP contribution in [0.15, 0.2) is 36.7 Å². The van der Waals surface area contributed by atoms with Gasteiger partial charge in [-0.15, -0.1) is 0 Å². The molecule has 0 spiro atoms. The predicted molar refractivity (Wildman–Crippen MR) is 116 cm³/mol. The van der Waals surface area contributed by atoms with Gasteiger partial charge in [0.2, 0.25) is 5.95 Å². The molecule has 1 N–H and O–H groups in total. The summed E-state index contributed by atoms with van der Waals surface area (Å²) in [5, 5.41) is 7.72. The number of ether oxygens (including phenoxy) is 1. The number of carbonyl (C=O) groups excluding carboxylic acids is 1. The van der Waals surface area contributed by atoms with Crippen molar-refractivity contribution in [2.24, 2.45) is 7.05 Å². The van der Waals surface area contributed by atoms with Gasteiger partial charge in [-0.25, -0.2) is 18.7 Å². The molecule has 11 heteroatoms. The summed E-state index contributed by atoms with van der Waals surface area (Å²) in [6.45, 7) is 0.0339. The molecular weight excluding hydrogens is 442 g/mol. The normalized spacial score (nSPS) is 15.5. The molecule has 8 nitrogen and oxygen atoms in total. The van der Waals surface area contributed by atoms with Crippen LogP contribution >= 0.6 is 11.6 Å². The highest BCUT2D eigenvalue weighted by Crippen LogP contribution is 2.32. The number of hydrogen-bond acceptors (Lipinski definition) is 6. The van der Waals surface area contributed by atoms with Crippen molar-refractivity contribution in [3.63, 3.8) is 0 Å². The molecule has 3 heterocycles. The number of alkyl halides is 2. The van der Waals surface area contributed by atoms with Gasteiger partial charge in [-0.2, -0.15) is 5.10 Å². The van der Waals surface area contributed by atoms with Gasteiger partial charge < -0.3 is 15.0 Å². The number of carbonyl (C=O) groups is 1. The molecule has 0 radical (unpaired) electrons. The van der Waals surface area contributed by atoms with Crippen LogP contribution in [-0.2, 0) is 7.05 Å². The second kappa shape index (κ2) is 8.70. The van der Waals surface area contributed by atoms with E-state index in [-0.39, 0.29) is 37.8 Å². The minimum absolute atomic E-state index is 0.0169.